The lowest BCUT2D eigenvalue weighted by Gasteiger charge is -2.30. The molecule has 0 aromatic rings. The van der Waals surface area contributed by atoms with Crippen molar-refractivity contribution in [2.75, 3.05) is 60.8 Å². The third kappa shape index (κ3) is 6.29. The van der Waals surface area contributed by atoms with Crippen molar-refractivity contribution in [3.63, 3.8) is 0 Å². The van der Waals surface area contributed by atoms with E-state index in [1.54, 1.807) is 21.3 Å². The molecule has 1 saturated heterocycles. The number of allylic oxidation sites excluding steroid dienone is 2. The lowest BCUT2D eigenvalue weighted by molar-refractivity contribution is -0.141. The van der Waals surface area contributed by atoms with E-state index < -0.39 is 20.6 Å². The standard InChI is InChI=1S/C24H38N2O9Si/c1-16(27)8-11-34-13-14-35-12-9-25-20(28)7-10-26-23(29)21-17-5-6-18(22(21)24(26)30)19(17)15-36(31-2,32-3)33-4/h5-6,17-19,21-22H,7-15H2,1-4H3,(H,25,28). The van der Waals surface area contributed by atoms with Gasteiger partial charge in [0.1, 0.15) is 5.78 Å². The van der Waals surface area contributed by atoms with Crippen molar-refractivity contribution in [1.29, 1.82) is 0 Å². The molecule has 3 aliphatic rings. The van der Waals surface area contributed by atoms with Crippen LogP contribution in [0.25, 0.3) is 0 Å². The third-order valence-electron chi connectivity index (χ3n) is 7.38. The maximum atomic E-state index is 13.2. The molecule has 3 amide bonds. The molecule has 11 nitrogen and oxygen atoms in total. The Morgan fingerprint density at radius 2 is 1.44 bits per heavy atom. The van der Waals surface area contributed by atoms with E-state index in [9.17, 15) is 19.2 Å². The number of hydrogen-bond acceptors (Lipinski definition) is 9. The van der Waals surface area contributed by atoms with Gasteiger partial charge in [-0.05, 0) is 24.7 Å². The van der Waals surface area contributed by atoms with Crippen LogP contribution >= 0.6 is 0 Å². The molecule has 0 aromatic carbocycles. The lowest BCUT2D eigenvalue weighted by Crippen LogP contribution is -2.46. The number of ether oxygens (including phenoxy) is 2. The molecule has 2 bridgehead atoms. The second-order valence-corrected chi connectivity index (χ2v) is 12.4. The summed E-state index contributed by atoms with van der Waals surface area (Å²) in [5.74, 6) is -1.44. The molecule has 1 saturated carbocycles. The number of carbonyl (C=O) groups is 4. The summed E-state index contributed by atoms with van der Waals surface area (Å²) in [6.07, 6.45) is 4.50. The number of amides is 3. The Hall–Kier alpha value is -1.96. The summed E-state index contributed by atoms with van der Waals surface area (Å²) < 4.78 is 27.4. The molecular weight excluding hydrogens is 488 g/mol. The van der Waals surface area contributed by atoms with Crippen molar-refractivity contribution >= 4 is 32.3 Å². The van der Waals surface area contributed by atoms with Crippen LogP contribution < -0.4 is 5.32 Å². The van der Waals surface area contributed by atoms with E-state index in [1.807, 2.05) is 12.2 Å². The smallest absolute Gasteiger partial charge is 0.379 e. The average Bonchev–Trinajstić information content (AvgIpc) is 3.48. The van der Waals surface area contributed by atoms with E-state index in [1.165, 1.54) is 11.8 Å². The second kappa shape index (κ2) is 13.0. The van der Waals surface area contributed by atoms with Gasteiger partial charge in [-0.1, -0.05) is 12.2 Å². The van der Waals surface area contributed by atoms with Crippen LogP contribution in [0.15, 0.2) is 12.2 Å². The van der Waals surface area contributed by atoms with Gasteiger partial charge in [-0.3, -0.25) is 24.1 Å². The fourth-order valence-electron chi connectivity index (χ4n) is 5.54. The van der Waals surface area contributed by atoms with Crippen LogP contribution in [-0.4, -0.2) is 98.1 Å². The number of ketones is 1. The molecule has 1 heterocycles. The van der Waals surface area contributed by atoms with Crippen molar-refractivity contribution < 1.29 is 41.9 Å². The molecule has 12 heteroatoms. The predicted molar refractivity (Wildman–Crippen MR) is 129 cm³/mol. The minimum atomic E-state index is -2.86. The molecule has 1 aliphatic heterocycles. The highest BCUT2D eigenvalue weighted by Crippen LogP contribution is 2.58. The molecular formula is C24H38N2O9Si. The van der Waals surface area contributed by atoms with Crippen LogP contribution in [-0.2, 0) is 41.9 Å². The van der Waals surface area contributed by atoms with E-state index in [-0.39, 0.29) is 54.2 Å². The topological polar surface area (TPSA) is 130 Å². The highest BCUT2D eigenvalue weighted by atomic mass is 28.4. The Labute approximate surface area is 213 Å². The number of carbonyl (C=O) groups excluding carboxylic acids is 4. The summed E-state index contributed by atoms with van der Waals surface area (Å²) in [4.78, 5) is 50.6. The number of rotatable bonds is 17. The number of fused-ring (bicyclic) bond motifs is 5. The number of nitrogens with one attached hydrogen (secondary N) is 1. The van der Waals surface area contributed by atoms with Crippen LogP contribution in [0.2, 0.25) is 6.04 Å². The molecule has 2 fully saturated rings. The molecule has 36 heavy (non-hydrogen) atoms. The highest BCUT2D eigenvalue weighted by molar-refractivity contribution is 6.60. The van der Waals surface area contributed by atoms with Crippen molar-refractivity contribution in [2.45, 2.75) is 25.8 Å². The summed E-state index contributed by atoms with van der Waals surface area (Å²) in [7, 11) is 1.83. The number of Topliss-reactive ketones (excluding diaryl/α,β-unsaturated/α-hetero) is 1. The number of nitrogens with zero attached hydrogens (tertiary/aromatic N) is 1. The third-order valence-corrected chi connectivity index (χ3v) is 10.2. The minimum absolute atomic E-state index is 0.0459. The first-order valence-electron chi connectivity index (χ1n) is 12.4. The molecule has 2 aliphatic carbocycles. The molecule has 4 unspecified atom stereocenters. The Kier molecular flexibility index (Phi) is 10.3. The first-order chi connectivity index (χ1) is 17.3. The summed E-state index contributed by atoms with van der Waals surface area (Å²) in [5.41, 5.74) is 0. The molecule has 1 N–H and O–H groups in total. The van der Waals surface area contributed by atoms with Crippen molar-refractivity contribution in [3.8, 4) is 0 Å². The van der Waals surface area contributed by atoms with E-state index in [0.717, 1.165) is 0 Å². The van der Waals surface area contributed by atoms with E-state index in [0.29, 0.717) is 45.4 Å². The monoisotopic (exact) mass is 526 g/mol. The number of likely N-dealkylation sites (tertiary alicyclic amines) is 1. The van der Waals surface area contributed by atoms with Gasteiger partial charge in [0.2, 0.25) is 17.7 Å². The van der Waals surface area contributed by atoms with Crippen LogP contribution in [0.3, 0.4) is 0 Å². The van der Waals surface area contributed by atoms with Crippen LogP contribution in [0.4, 0.5) is 0 Å². The summed E-state index contributed by atoms with van der Waals surface area (Å²) >= 11 is 0. The molecule has 202 valence electrons. The molecule has 3 rings (SSSR count). The number of imide groups is 1. The van der Waals surface area contributed by atoms with Crippen LogP contribution in [0.5, 0.6) is 0 Å². The zero-order chi connectivity index (χ0) is 26.3. The van der Waals surface area contributed by atoms with Crippen LogP contribution in [0, 0.1) is 29.6 Å². The van der Waals surface area contributed by atoms with Gasteiger partial charge in [0.15, 0.2) is 0 Å². The molecule has 4 atom stereocenters. The Morgan fingerprint density at radius 3 is 1.97 bits per heavy atom. The largest absolute Gasteiger partial charge is 0.500 e. The van der Waals surface area contributed by atoms with Crippen molar-refractivity contribution in [1.82, 2.24) is 10.2 Å². The van der Waals surface area contributed by atoms with Gasteiger partial charge in [0.25, 0.3) is 0 Å². The van der Waals surface area contributed by atoms with Gasteiger partial charge in [-0.25, -0.2) is 0 Å². The fourth-order valence-corrected chi connectivity index (χ4v) is 7.66. The van der Waals surface area contributed by atoms with Gasteiger partial charge < -0.3 is 28.1 Å². The number of hydrogen-bond donors (Lipinski definition) is 1. The van der Waals surface area contributed by atoms with Gasteiger partial charge in [-0.15, -0.1) is 0 Å². The van der Waals surface area contributed by atoms with Crippen molar-refractivity contribution in [2.24, 2.45) is 29.6 Å². The first kappa shape index (κ1) is 28.6. The first-order valence-corrected chi connectivity index (χ1v) is 14.3. The second-order valence-electron chi connectivity index (χ2n) is 9.36. The maximum absolute atomic E-state index is 13.2. The fraction of sp³-hybridized carbons (Fsp3) is 0.750. The van der Waals surface area contributed by atoms with E-state index in [2.05, 4.69) is 5.32 Å². The summed E-state index contributed by atoms with van der Waals surface area (Å²) in [6, 6.07) is 0.543. The maximum Gasteiger partial charge on any atom is 0.500 e. The quantitative estimate of drug-likeness (QED) is 0.124. The molecule has 0 radical (unpaired) electrons. The summed E-state index contributed by atoms with van der Waals surface area (Å²) in [5, 5.41) is 2.74. The molecule has 0 aromatic heterocycles. The molecule has 0 spiro atoms. The average molecular weight is 527 g/mol. The van der Waals surface area contributed by atoms with E-state index >= 15 is 0 Å². The van der Waals surface area contributed by atoms with Gasteiger partial charge >= 0.3 is 8.80 Å². The Morgan fingerprint density at radius 1 is 0.889 bits per heavy atom. The lowest BCUT2D eigenvalue weighted by atomic mass is 9.85. The van der Waals surface area contributed by atoms with E-state index in [4.69, 9.17) is 22.8 Å². The minimum Gasteiger partial charge on any atom is -0.379 e. The highest BCUT2D eigenvalue weighted by Gasteiger charge is 2.64. The normalized spacial score (nSPS) is 26.7. The van der Waals surface area contributed by atoms with Gasteiger partial charge in [0, 0.05) is 53.3 Å². The zero-order valence-electron chi connectivity index (χ0n) is 21.5. The van der Waals surface area contributed by atoms with Gasteiger partial charge in [-0.2, -0.15) is 0 Å². The Bertz CT molecular complexity index is 807. The van der Waals surface area contributed by atoms with Gasteiger partial charge in [0.05, 0.1) is 38.3 Å². The Balaban J connectivity index is 1.39. The van der Waals surface area contributed by atoms with Crippen LogP contribution in [0.1, 0.15) is 19.8 Å². The predicted octanol–water partition coefficient (Wildman–Crippen LogP) is 0.416. The van der Waals surface area contributed by atoms with Crippen molar-refractivity contribution in [3.05, 3.63) is 12.2 Å². The summed E-state index contributed by atoms with van der Waals surface area (Å²) in [6.45, 7) is 3.34. The SMILES string of the molecule is CO[Si](CC1C2C=CC1C1C(=O)N(CCC(=O)NCCOCCOCCC(C)=O)C(=O)C21)(OC)OC. The zero-order valence-corrected chi connectivity index (χ0v) is 22.5.